The summed E-state index contributed by atoms with van der Waals surface area (Å²) < 4.78 is 23.4. The largest absolute Gasteiger partial charge is 0.490 e. The third-order valence-electron chi connectivity index (χ3n) is 5.13. The molecule has 1 aliphatic heterocycles. The van der Waals surface area contributed by atoms with Gasteiger partial charge in [0.2, 0.25) is 0 Å². The number of hydrogen-bond acceptors (Lipinski definition) is 7. The summed E-state index contributed by atoms with van der Waals surface area (Å²) in [5, 5.41) is 4.04. The molecular weight excluding hydrogens is 412 g/mol. The Morgan fingerprint density at radius 1 is 1.09 bits per heavy atom. The van der Waals surface area contributed by atoms with Crippen molar-refractivity contribution < 1.29 is 28.3 Å². The first kappa shape index (κ1) is 21.4. The molecule has 0 spiro atoms. The van der Waals surface area contributed by atoms with E-state index in [4.69, 9.17) is 18.7 Å². The molecule has 0 aliphatic carbocycles. The summed E-state index contributed by atoms with van der Waals surface area (Å²) in [7, 11) is 0. The van der Waals surface area contributed by atoms with Gasteiger partial charge >= 0.3 is 5.97 Å². The number of Topliss-reactive ketones (excluding diaryl/α,β-unsaturated/α-hetero) is 1. The summed E-state index contributed by atoms with van der Waals surface area (Å²) in [5.41, 5.74) is 3.10. The monoisotopic (exact) mass is 436 g/mol. The number of rotatable bonds is 6. The first-order chi connectivity index (χ1) is 15.4. The number of aryl methyl sites for hydroxylation is 2. The zero-order chi connectivity index (χ0) is 22.7. The molecule has 1 aromatic carbocycles. The normalized spacial score (nSPS) is 13.2. The summed E-state index contributed by atoms with van der Waals surface area (Å²) >= 11 is 0. The van der Waals surface area contributed by atoms with E-state index in [2.05, 4.69) is 5.16 Å². The maximum Gasteiger partial charge on any atom is 0.331 e. The molecule has 0 N–H and O–H groups in total. The van der Waals surface area contributed by atoms with E-state index in [9.17, 15) is 9.59 Å². The van der Waals surface area contributed by atoms with E-state index in [1.54, 1.807) is 24.3 Å². The maximum absolute atomic E-state index is 12.4. The molecule has 0 saturated carbocycles. The molecule has 4 rings (SSSR count). The quantitative estimate of drug-likeness (QED) is 0.328. The average molecular weight is 436 g/mol. The second kappa shape index (κ2) is 9.13. The molecule has 0 bridgehead atoms. The highest BCUT2D eigenvalue weighted by Gasteiger charge is 2.16. The Morgan fingerprint density at radius 2 is 1.88 bits per heavy atom. The minimum Gasteiger partial charge on any atom is -0.490 e. The van der Waals surface area contributed by atoms with Gasteiger partial charge in [0.15, 0.2) is 29.7 Å². The van der Waals surface area contributed by atoms with Crippen molar-refractivity contribution in [1.82, 2.24) is 9.72 Å². The van der Waals surface area contributed by atoms with Gasteiger partial charge in [0.05, 0.1) is 13.2 Å². The van der Waals surface area contributed by atoms with Crippen LogP contribution >= 0.6 is 0 Å². The van der Waals surface area contributed by atoms with Crippen molar-refractivity contribution >= 4 is 17.8 Å². The lowest BCUT2D eigenvalue weighted by Crippen LogP contribution is -2.12. The number of ether oxygens (including phenoxy) is 3. The molecule has 0 saturated heterocycles. The fourth-order valence-corrected chi connectivity index (χ4v) is 3.53. The van der Waals surface area contributed by atoms with Gasteiger partial charge in [-0.05, 0) is 56.7 Å². The van der Waals surface area contributed by atoms with Crippen LogP contribution in [0, 0.1) is 20.8 Å². The van der Waals surface area contributed by atoms with E-state index in [-0.39, 0.29) is 12.4 Å². The van der Waals surface area contributed by atoms with Gasteiger partial charge in [-0.2, -0.15) is 0 Å². The molecule has 0 fully saturated rings. The Morgan fingerprint density at radius 3 is 2.62 bits per heavy atom. The van der Waals surface area contributed by atoms with Crippen molar-refractivity contribution in [3.63, 3.8) is 0 Å². The van der Waals surface area contributed by atoms with Crippen LogP contribution < -0.4 is 9.47 Å². The summed E-state index contributed by atoms with van der Waals surface area (Å²) in [4.78, 5) is 24.6. The van der Waals surface area contributed by atoms with Crippen LogP contribution in [0.3, 0.4) is 0 Å². The van der Waals surface area contributed by atoms with Crippen molar-refractivity contribution in [2.45, 2.75) is 27.2 Å². The van der Waals surface area contributed by atoms with E-state index in [1.165, 1.54) is 6.08 Å². The molecule has 166 valence electrons. The summed E-state index contributed by atoms with van der Waals surface area (Å²) in [6, 6.07) is 8.73. The first-order valence-electron chi connectivity index (χ1n) is 10.3. The Hall–Kier alpha value is -3.81. The van der Waals surface area contributed by atoms with Crippen LogP contribution in [-0.2, 0) is 9.53 Å². The highest BCUT2D eigenvalue weighted by Crippen LogP contribution is 2.30. The van der Waals surface area contributed by atoms with Gasteiger partial charge < -0.3 is 18.7 Å². The van der Waals surface area contributed by atoms with Gasteiger partial charge in [0.1, 0.15) is 5.76 Å². The molecule has 1 aliphatic rings. The molecule has 32 heavy (non-hydrogen) atoms. The van der Waals surface area contributed by atoms with Crippen molar-refractivity contribution in [2.75, 3.05) is 19.8 Å². The molecule has 0 radical (unpaired) electrons. The zero-order valence-electron chi connectivity index (χ0n) is 18.2. The second-order valence-electron chi connectivity index (χ2n) is 7.53. The lowest BCUT2D eigenvalue weighted by atomic mass is 10.1. The Balaban J connectivity index is 1.38. The van der Waals surface area contributed by atoms with Gasteiger partial charge in [0, 0.05) is 35.5 Å². The van der Waals surface area contributed by atoms with Gasteiger partial charge in [0.25, 0.3) is 0 Å². The molecule has 3 heterocycles. The molecular formula is C24H24N2O6. The van der Waals surface area contributed by atoms with E-state index < -0.39 is 5.97 Å². The van der Waals surface area contributed by atoms with Gasteiger partial charge in [-0.3, -0.25) is 9.36 Å². The molecule has 8 heteroatoms. The number of carbonyl (C=O) groups excluding carboxylic acids is 2. The van der Waals surface area contributed by atoms with Gasteiger partial charge in [-0.15, -0.1) is 0 Å². The molecule has 0 amide bonds. The fraction of sp³-hybridized carbons (Fsp3) is 0.292. The van der Waals surface area contributed by atoms with Crippen LogP contribution in [0.5, 0.6) is 11.5 Å². The minimum absolute atomic E-state index is 0.318. The van der Waals surface area contributed by atoms with Crippen LogP contribution in [-0.4, -0.2) is 41.3 Å². The molecule has 0 atom stereocenters. The maximum atomic E-state index is 12.4. The highest BCUT2D eigenvalue weighted by molar-refractivity contribution is 5.99. The predicted octanol–water partition coefficient (Wildman–Crippen LogP) is 3.99. The topological polar surface area (TPSA) is 92.8 Å². The van der Waals surface area contributed by atoms with Gasteiger partial charge in [-0.25, -0.2) is 4.79 Å². The number of esters is 1. The smallest absolute Gasteiger partial charge is 0.331 e. The standard InChI is InChI=1S/C24H24N2O6/c1-15-11-18(17(3)26(15)23-12-16(2)32-25-23)6-8-24(28)31-14-20(27)19-5-7-21-22(13-19)30-10-4-9-29-21/h5-8,11-13H,4,9-10,14H2,1-3H3. The van der Waals surface area contributed by atoms with E-state index in [0.717, 1.165) is 23.4 Å². The van der Waals surface area contributed by atoms with Crippen LogP contribution in [0.4, 0.5) is 0 Å². The molecule has 3 aromatic rings. The lowest BCUT2D eigenvalue weighted by molar-refractivity contribution is -0.136. The number of aromatic nitrogens is 2. The van der Waals surface area contributed by atoms with E-state index >= 15 is 0 Å². The summed E-state index contributed by atoms with van der Waals surface area (Å²) in [5.74, 6) is 1.61. The summed E-state index contributed by atoms with van der Waals surface area (Å²) in [6.07, 6.45) is 3.75. The molecule has 2 aromatic heterocycles. The number of carbonyl (C=O) groups is 2. The number of ketones is 1. The molecule has 8 nitrogen and oxygen atoms in total. The Labute approximate surface area is 185 Å². The van der Waals surface area contributed by atoms with E-state index in [1.807, 2.05) is 37.5 Å². The van der Waals surface area contributed by atoms with Crippen molar-refractivity contribution in [3.05, 3.63) is 64.7 Å². The third kappa shape index (κ3) is 4.59. The van der Waals surface area contributed by atoms with Crippen molar-refractivity contribution in [3.8, 4) is 17.3 Å². The van der Waals surface area contributed by atoms with Gasteiger partial charge in [-0.1, -0.05) is 5.16 Å². The number of nitrogens with zero attached hydrogens (tertiary/aromatic N) is 2. The Kier molecular flexibility index (Phi) is 6.11. The predicted molar refractivity (Wildman–Crippen MR) is 116 cm³/mol. The van der Waals surface area contributed by atoms with E-state index in [0.29, 0.717) is 41.9 Å². The Bertz CT molecular complexity index is 1190. The number of hydrogen-bond donors (Lipinski definition) is 0. The summed E-state index contributed by atoms with van der Waals surface area (Å²) in [6.45, 7) is 6.44. The minimum atomic E-state index is -0.602. The van der Waals surface area contributed by atoms with Crippen molar-refractivity contribution in [1.29, 1.82) is 0 Å². The van der Waals surface area contributed by atoms with Crippen LogP contribution in [0.2, 0.25) is 0 Å². The number of fused-ring (bicyclic) bond motifs is 1. The average Bonchev–Trinajstić information content (AvgIpc) is 3.21. The van der Waals surface area contributed by atoms with Crippen LogP contribution in [0.1, 0.15) is 39.5 Å². The van der Waals surface area contributed by atoms with Crippen LogP contribution in [0.15, 0.2) is 40.9 Å². The zero-order valence-corrected chi connectivity index (χ0v) is 18.2. The first-order valence-corrected chi connectivity index (χ1v) is 10.3. The SMILES string of the molecule is Cc1cc(-n2c(C)cc(C=CC(=O)OCC(=O)c3ccc4c(c3)OCCCO4)c2C)no1. The number of benzene rings is 1. The highest BCUT2D eigenvalue weighted by atomic mass is 16.5. The van der Waals surface area contributed by atoms with Crippen molar-refractivity contribution in [2.24, 2.45) is 0 Å². The second-order valence-corrected chi connectivity index (χ2v) is 7.53. The van der Waals surface area contributed by atoms with Crippen LogP contribution in [0.25, 0.3) is 11.9 Å². The molecule has 0 unspecified atom stereocenters. The lowest BCUT2D eigenvalue weighted by Gasteiger charge is -2.08. The third-order valence-corrected chi connectivity index (χ3v) is 5.13. The fourth-order valence-electron chi connectivity index (χ4n) is 3.53.